The maximum absolute atomic E-state index is 12.8. The standard InChI is InChI=1S/C12H13F3O7S/c13-12(14,15)7(4-23(19,20)21)22-11(18)9-6-2-1-5(3-6)8(9)10(16)17/h1-2,5-9H,3-4H2,(H,16,17)(H,19,20,21). The van der Waals surface area contributed by atoms with Crippen LogP contribution in [0.25, 0.3) is 0 Å². The van der Waals surface area contributed by atoms with E-state index >= 15 is 0 Å². The average molecular weight is 358 g/mol. The van der Waals surface area contributed by atoms with Crippen molar-refractivity contribution in [3.63, 3.8) is 0 Å². The molecule has 7 nitrogen and oxygen atoms in total. The lowest BCUT2D eigenvalue weighted by atomic mass is 9.83. The largest absolute Gasteiger partial charge is 0.481 e. The first kappa shape index (κ1) is 17.7. The van der Waals surface area contributed by atoms with Crippen molar-refractivity contribution >= 4 is 22.1 Å². The Hall–Kier alpha value is -1.62. The van der Waals surface area contributed by atoms with Gasteiger partial charge in [-0.25, -0.2) is 0 Å². The van der Waals surface area contributed by atoms with Gasteiger partial charge in [0, 0.05) is 0 Å². The van der Waals surface area contributed by atoms with Crippen LogP contribution in [-0.2, 0) is 24.4 Å². The summed E-state index contributed by atoms with van der Waals surface area (Å²) in [6.07, 6.45) is -4.82. The van der Waals surface area contributed by atoms with Crippen molar-refractivity contribution < 1.29 is 45.6 Å². The molecular weight excluding hydrogens is 345 g/mol. The zero-order valence-electron chi connectivity index (χ0n) is 11.4. The van der Waals surface area contributed by atoms with Crippen molar-refractivity contribution in [1.82, 2.24) is 0 Å². The van der Waals surface area contributed by atoms with Gasteiger partial charge in [-0.05, 0) is 18.3 Å². The maximum Gasteiger partial charge on any atom is 0.426 e. The van der Waals surface area contributed by atoms with E-state index in [0.29, 0.717) is 6.42 Å². The third kappa shape index (κ3) is 3.83. The molecule has 1 saturated carbocycles. The third-order valence-corrected chi connectivity index (χ3v) is 4.73. The molecule has 2 bridgehead atoms. The van der Waals surface area contributed by atoms with E-state index in [-0.39, 0.29) is 0 Å². The van der Waals surface area contributed by atoms with Crippen LogP contribution in [0.4, 0.5) is 13.2 Å². The van der Waals surface area contributed by atoms with E-state index in [1.807, 2.05) is 0 Å². The first-order valence-electron chi connectivity index (χ1n) is 6.53. The average Bonchev–Trinajstić information content (AvgIpc) is 2.94. The lowest BCUT2D eigenvalue weighted by Crippen LogP contribution is -2.43. The van der Waals surface area contributed by atoms with Crippen LogP contribution in [0.3, 0.4) is 0 Å². The molecule has 1 fully saturated rings. The van der Waals surface area contributed by atoms with Crippen molar-refractivity contribution in [2.45, 2.75) is 18.7 Å². The lowest BCUT2D eigenvalue weighted by Gasteiger charge is -2.26. The van der Waals surface area contributed by atoms with E-state index in [0.717, 1.165) is 0 Å². The Bertz CT molecular complexity index is 640. The monoisotopic (exact) mass is 358 g/mol. The Kier molecular flexibility index (Phi) is 4.46. The fraction of sp³-hybridized carbons (Fsp3) is 0.667. The zero-order chi connectivity index (χ0) is 17.6. The van der Waals surface area contributed by atoms with Gasteiger partial charge in [0.05, 0.1) is 11.8 Å². The van der Waals surface area contributed by atoms with Gasteiger partial charge in [-0.3, -0.25) is 14.1 Å². The maximum atomic E-state index is 12.8. The van der Waals surface area contributed by atoms with E-state index in [9.17, 15) is 31.2 Å². The van der Waals surface area contributed by atoms with E-state index in [1.165, 1.54) is 0 Å². The van der Waals surface area contributed by atoms with E-state index < -0.39 is 63.8 Å². The highest BCUT2D eigenvalue weighted by molar-refractivity contribution is 7.85. The molecule has 0 aromatic rings. The Balaban J connectivity index is 2.18. The third-order valence-electron chi connectivity index (χ3n) is 4.00. The number of fused-ring (bicyclic) bond motifs is 2. The van der Waals surface area contributed by atoms with Gasteiger partial charge >= 0.3 is 18.1 Å². The Labute approximate surface area is 128 Å². The van der Waals surface area contributed by atoms with Crippen molar-refractivity contribution in [1.29, 1.82) is 0 Å². The summed E-state index contributed by atoms with van der Waals surface area (Å²) in [5.41, 5.74) is 0. The van der Waals surface area contributed by atoms with Gasteiger partial charge in [-0.1, -0.05) is 12.2 Å². The summed E-state index contributed by atoms with van der Waals surface area (Å²) in [5, 5.41) is 9.14. The summed E-state index contributed by atoms with van der Waals surface area (Å²) in [6.45, 7) is 0. The highest BCUT2D eigenvalue weighted by Crippen LogP contribution is 2.48. The minimum atomic E-state index is -5.21. The second-order valence-corrected chi connectivity index (χ2v) is 7.05. The molecule has 0 aromatic carbocycles. The van der Waals surface area contributed by atoms with Crippen molar-refractivity contribution in [3.05, 3.63) is 12.2 Å². The Morgan fingerprint density at radius 3 is 2.17 bits per heavy atom. The van der Waals surface area contributed by atoms with Crippen LogP contribution in [0.2, 0.25) is 0 Å². The molecule has 11 heteroatoms. The number of esters is 1. The van der Waals surface area contributed by atoms with Crippen LogP contribution >= 0.6 is 0 Å². The molecule has 5 unspecified atom stereocenters. The quantitative estimate of drug-likeness (QED) is 0.425. The predicted octanol–water partition coefficient (Wildman–Crippen LogP) is 0.871. The predicted molar refractivity (Wildman–Crippen MR) is 67.7 cm³/mol. The summed E-state index contributed by atoms with van der Waals surface area (Å²) < 4.78 is 72.3. The Morgan fingerprint density at radius 2 is 1.74 bits per heavy atom. The second-order valence-electron chi connectivity index (χ2n) is 5.55. The van der Waals surface area contributed by atoms with Gasteiger partial charge < -0.3 is 9.84 Å². The van der Waals surface area contributed by atoms with Crippen molar-refractivity contribution in [2.75, 3.05) is 5.75 Å². The van der Waals surface area contributed by atoms with Crippen LogP contribution in [0.1, 0.15) is 6.42 Å². The molecule has 2 aliphatic rings. The summed E-state index contributed by atoms with van der Waals surface area (Å²) in [4.78, 5) is 23.2. The fourth-order valence-corrected chi connectivity index (χ4v) is 3.73. The van der Waals surface area contributed by atoms with E-state index in [2.05, 4.69) is 4.74 Å². The number of carboxylic acids is 1. The van der Waals surface area contributed by atoms with Crippen LogP contribution in [-0.4, -0.2) is 48.0 Å². The number of hydrogen-bond acceptors (Lipinski definition) is 5. The van der Waals surface area contributed by atoms with Crippen LogP contribution in [0, 0.1) is 23.7 Å². The summed E-state index contributed by atoms with van der Waals surface area (Å²) in [6, 6.07) is 0. The summed E-state index contributed by atoms with van der Waals surface area (Å²) in [7, 11) is -5.04. The molecule has 130 valence electrons. The number of halogens is 3. The number of hydrogen-bond donors (Lipinski definition) is 2. The fourth-order valence-electron chi connectivity index (χ4n) is 3.09. The van der Waals surface area contributed by atoms with Gasteiger partial charge in [0.25, 0.3) is 10.1 Å². The van der Waals surface area contributed by atoms with E-state index in [1.54, 1.807) is 12.2 Å². The molecule has 2 N–H and O–H groups in total. The highest BCUT2D eigenvalue weighted by atomic mass is 32.2. The van der Waals surface area contributed by atoms with E-state index in [4.69, 9.17) is 9.66 Å². The lowest BCUT2D eigenvalue weighted by molar-refractivity contribution is -0.219. The molecule has 0 aromatic heterocycles. The number of allylic oxidation sites excluding steroid dienone is 2. The molecule has 0 amide bonds. The first-order valence-corrected chi connectivity index (χ1v) is 8.14. The second kappa shape index (κ2) is 5.78. The topological polar surface area (TPSA) is 118 Å². The molecule has 0 spiro atoms. The molecule has 0 radical (unpaired) electrons. The first-order chi connectivity index (χ1) is 10.4. The molecule has 0 saturated heterocycles. The van der Waals surface area contributed by atoms with Gasteiger partial charge in [-0.2, -0.15) is 21.6 Å². The molecular formula is C12H13F3O7S. The number of carboxylic acid groups (broad SMARTS) is 1. The minimum absolute atomic E-state index is 0.311. The van der Waals surface area contributed by atoms with Crippen molar-refractivity contribution in [2.24, 2.45) is 23.7 Å². The van der Waals surface area contributed by atoms with Crippen LogP contribution in [0.15, 0.2) is 12.2 Å². The van der Waals surface area contributed by atoms with Gasteiger partial charge in [0.1, 0.15) is 5.75 Å². The molecule has 0 aliphatic heterocycles. The van der Waals surface area contributed by atoms with Crippen molar-refractivity contribution in [3.8, 4) is 0 Å². The van der Waals surface area contributed by atoms with Gasteiger partial charge in [0.2, 0.25) is 6.10 Å². The number of ether oxygens (including phenoxy) is 1. The highest BCUT2D eigenvalue weighted by Gasteiger charge is 2.54. The zero-order valence-corrected chi connectivity index (χ0v) is 12.2. The molecule has 5 atom stereocenters. The normalized spacial score (nSPS) is 31.1. The number of carbonyl (C=O) groups is 2. The number of rotatable bonds is 5. The van der Waals surface area contributed by atoms with Crippen LogP contribution in [0.5, 0.6) is 0 Å². The summed E-state index contributed by atoms with van der Waals surface area (Å²) in [5.74, 6) is -8.15. The number of carbonyl (C=O) groups excluding carboxylic acids is 1. The minimum Gasteiger partial charge on any atom is -0.481 e. The number of aliphatic carboxylic acids is 1. The molecule has 2 aliphatic carbocycles. The molecule has 2 rings (SSSR count). The smallest absolute Gasteiger partial charge is 0.426 e. The number of alkyl halides is 3. The van der Waals surface area contributed by atoms with Gasteiger partial charge in [-0.15, -0.1) is 0 Å². The SMILES string of the molecule is O=C(O)C1C2C=CC(C2)C1C(=O)OC(CS(=O)(=O)O)C(F)(F)F. The van der Waals surface area contributed by atoms with Gasteiger partial charge in [0.15, 0.2) is 0 Å². The molecule has 0 heterocycles. The molecule has 23 heavy (non-hydrogen) atoms. The Morgan fingerprint density at radius 1 is 1.22 bits per heavy atom. The van der Waals surface area contributed by atoms with Crippen LogP contribution < -0.4 is 0 Å². The summed E-state index contributed by atoms with van der Waals surface area (Å²) >= 11 is 0.